The second-order valence-electron chi connectivity index (χ2n) is 14.1. The van der Waals surface area contributed by atoms with Gasteiger partial charge in [-0.05, 0) is 59.9 Å². The molecule has 3 aromatic carbocycles. The van der Waals surface area contributed by atoms with Crippen molar-refractivity contribution < 1.29 is 43.0 Å². The summed E-state index contributed by atoms with van der Waals surface area (Å²) >= 11 is 0. The molecule has 298 valence electrons. The number of fused-ring (bicyclic) bond motifs is 1. The first-order valence-corrected chi connectivity index (χ1v) is 18.8. The summed E-state index contributed by atoms with van der Waals surface area (Å²) < 4.78 is 24.9. The Bertz CT molecular complexity index is 1790. The van der Waals surface area contributed by atoms with Crippen LogP contribution in [0.2, 0.25) is 0 Å². The van der Waals surface area contributed by atoms with Crippen molar-refractivity contribution in [2.75, 3.05) is 54.5 Å². The van der Waals surface area contributed by atoms with Crippen LogP contribution < -0.4 is 31.2 Å². The van der Waals surface area contributed by atoms with Gasteiger partial charge in [0, 0.05) is 38.0 Å². The van der Waals surface area contributed by atoms with Crippen molar-refractivity contribution in [3.05, 3.63) is 66.5 Å². The van der Waals surface area contributed by atoms with E-state index >= 15 is 0 Å². The lowest BCUT2D eigenvalue weighted by Crippen LogP contribution is -2.47. The number of carbonyl (C=O) groups excluding carboxylic acids is 5. The van der Waals surface area contributed by atoms with Crippen LogP contribution in [-0.4, -0.2) is 86.5 Å². The predicted molar refractivity (Wildman–Crippen MR) is 207 cm³/mol. The first kappa shape index (κ1) is 42.5. The predicted octanol–water partition coefficient (Wildman–Crippen LogP) is 5.13. The van der Waals surface area contributed by atoms with Gasteiger partial charge >= 0.3 is 6.09 Å². The van der Waals surface area contributed by atoms with Crippen LogP contribution in [0.25, 0.3) is 10.8 Å². The zero-order chi connectivity index (χ0) is 39.9. The zero-order valence-corrected chi connectivity index (χ0v) is 31.9. The minimum Gasteiger partial charge on any atom is -0.442 e. The monoisotopic (exact) mass is 764 g/mol. The van der Waals surface area contributed by atoms with E-state index in [0.29, 0.717) is 56.2 Å². The molecule has 0 unspecified atom stereocenters. The SMILES string of the molecule is CC(=O)NC[C@H]1CN(c2ccc(N3CCOCC3)c(F)c2)C(=O)O1.CCCC[C@H](CC(=O)NO)C(=O)N[C@@H](CC(C)C)C(=O)Nc1ccc2ccccc2c1. The summed E-state index contributed by atoms with van der Waals surface area (Å²) in [5.74, 6) is -2.25. The average molecular weight is 765 g/mol. The fourth-order valence-corrected chi connectivity index (χ4v) is 6.36. The molecule has 2 fully saturated rings. The van der Waals surface area contributed by atoms with Crippen LogP contribution in [-0.2, 0) is 28.7 Å². The summed E-state index contributed by atoms with van der Waals surface area (Å²) in [4.78, 5) is 63.7. The topological polar surface area (TPSA) is 179 Å². The maximum Gasteiger partial charge on any atom is 0.414 e. The van der Waals surface area contributed by atoms with Gasteiger partial charge in [0.05, 0.1) is 37.7 Å². The van der Waals surface area contributed by atoms with Crippen molar-refractivity contribution in [2.24, 2.45) is 11.8 Å². The third kappa shape index (κ3) is 12.9. The van der Waals surface area contributed by atoms with Gasteiger partial charge in [-0.1, -0.05) is 63.9 Å². The van der Waals surface area contributed by atoms with E-state index in [2.05, 4.69) is 16.0 Å². The molecule has 5 rings (SSSR count). The molecule has 3 atom stereocenters. The van der Waals surface area contributed by atoms with E-state index in [4.69, 9.17) is 14.7 Å². The lowest BCUT2D eigenvalue weighted by Gasteiger charge is -2.29. The number of benzene rings is 3. The molecule has 2 aliphatic rings. The third-order valence-corrected chi connectivity index (χ3v) is 9.24. The number of anilines is 3. The van der Waals surface area contributed by atoms with E-state index in [0.717, 1.165) is 23.6 Å². The molecule has 15 heteroatoms. The van der Waals surface area contributed by atoms with E-state index in [-0.39, 0.29) is 49.0 Å². The molecular weight excluding hydrogens is 711 g/mol. The van der Waals surface area contributed by atoms with Crippen molar-refractivity contribution in [3.63, 3.8) is 0 Å². The highest BCUT2D eigenvalue weighted by Crippen LogP contribution is 2.28. The van der Waals surface area contributed by atoms with Gasteiger partial charge in [-0.2, -0.15) is 0 Å². The highest BCUT2D eigenvalue weighted by Gasteiger charge is 2.33. The number of hydroxylamine groups is 1. The van der Waals surface area contributed by atoms with Crippen LogP contribution in [0.1, 0.15) is 59.8 Å². The van der Waals surface area contributed by atoms with Crippen molar-refractivity contribution >= 4 is 57.6 Å². The van der Waals surface area contributed by atoms with E-state index < -0.39 is 30.1 Å². The molecule has 2 aliphatic heterocycles. The summed E-state index contributed by atoms with van der Waals surface area (Å²) in [5.41, 5.74) is 3.19. The Morgan fingerprint density at radius 1 is 0.982 bits per heavy atom. The summed E-state index contributed by atoms with van der Waals surface area (Å²) in [5, 5.41) is 19.3. The van der Waals surface area contributed by atoms with E-state index in [1.807, 2.05) is 68.1 Å². The number of amides is 5. The van der Waals surface area contributed by atoms with E-state index in [1.165, 1.54) is 17.9 Å². The van der Waals surface area contributed by atoms with Crippen molar-refractivity contribution in [2.45, 2.75) is 71.9 Å². The maximum absolute atomic E-state index is 14.4. The quantitative estimate of drug-likeness (QED) is 0.104. The largest absolute Gasteiger partial charge is 0.442 e. The highest BCUT2D eigenvalue weighted by atomic mass is 19.1. The Labute approximate surface area is 321 Å². The molecule has 0 aromatic heterocycles. The lowest BCUT2D eigenvalue weighted by molar-refractivity contribution is -0.136. The minimum absolute atomic E-state index is 0.122. The highest BCUT2D eigenvalue weighted by molar-refractivity contribution is 5.99. The molecule has 2 saturated heterocycles. The maximum atomic E-state index is 14.4. The second kappa shape index (κ2) is 21.0. The first-order chi connectivity index (χ1) is 26.4. The van der Waals surface area contributed by atoms with Crippen LogP contribution >= 0.6 is 0 Å². The molecule has 0 radical (unpaired) electrons. The third-order valence-electron chi connectivity index (χ3n) is 9.24. The molecule has 0 bridgehead atoms. The average Bonchev–Trinajstić information content (AvgIpc) is 3.55. The molecule has 2 heterocycles. The Morgan fingerprint density at radius 2 is 1.71 bits per heavy atom. The van der Waals surface area contributed by atoms with Crippen LogP contribution in [0, 0.1) is 17.7 Å². The van der Waals surface area contributed by atoms with Gasteiger partial charge in [-0.25, -0.2) is 14.7 Å². The number of cyclic esters (lactones) is 1. The smallest absolute Gasteiger partial charge is 0.414 e. The summed E-state index contributed by atoms with van der Waals surface area (Å²) in [7, 11) is 0. The van der Waals surface area contributed by atoms with Crippen molar-refractivity contribution in [3.8, 4) is 0 Å². The molecular formula is C40H53FN6O8. The Hall–Kier alpha value is -5.28. The Balaban J connectivity index is 0.000000252. The fourth-order valence-electron chi connectivity index (χ4n) is 6.36. The molecule has 14 nitrogen and oxygen atoms in total. The van der Waals surface area contributed by atoms with Crippen molar-refractivity contribution in [1.82, 2.24) is 16.1 Å². The standard InChI is InChI=1S/C24H33N3O4.C16H20FN3O4/c1-4-5-8-19(15-22(28)27-31)23(29)26-21(13-16(2)3)24(30)25-20-12-11-17-9-6-7-10-18(17)14-20;1-11(21)18-9-13-10-20(16(22)24-13)12-2-3-15(14(17)8-12)19-4-6-23-7-5-19/h6-7,9-12,14,16,19,21,31H,4-5,8,13,15H2,1-3H3,(H,25,30)(H,26,29)(H,27,28);2-3,8,13H,4-7,9-10H2,1H3,(H,18,21)/t19-,21+;13-/m10/s1. The molecule has 0 saturated carbocycles. The van der Waals surface area contributed by atoms with Crippen LogP contribution in [0.4, 0.5) is 26.2 Å². The van der Waals surface area contributed by atoms with Gasteiger partial charge in [-0.15, -0.1) is 0 Å². The Kier molecular flexibility index (Phi) is 16.2. The van der Waals surface area contributed by atoms with Gasteiger partial charge in [0.25, 0.3) is 0 Å². The second-order valence-corrected chi connectivity index (χ2v) is 14.1. The molecule has 55 heavy (non-hydrogen) atoms. The number of halogens is 1. The molecule has 5 N–H and O–H groups in total. The minimum atomic E-state index is -0.722. The molecule has 0 aliphatic carbocycles. The number of nitrogens with zero attached hydrogens (tertiary/aromatic N) is 2. The number of rotatable bonds is 15. The molecule has 0 spiro atoms. The van der Waals surface area contributed by atoms with Crippen LogP contribution in [0.3, 0.4) is 0 Å². The number of morpholine rings is 1. The number of hydrogen-bond donors (Lipinski definition) is 5. The van der Waals surface area contributed by atoms with Crippen LogP contribution in [0.15, 0.2) is 60.7 Å². The first-order valence-electron chi connectivity index (χ1n) is 18.8. The van der Waals surface area contributed by atoms with Gasteiger partial charge in [0.1, 0.15) is 18.0 Å². The fraction of sp³-hybridized carbons (Fsp3) is 0.475. The van der Waals surface area contributed by atoms with Gasteiger partial charge in [0.2, 0.25) is 23.6 Å². The molecule has 5 amide bonds. The zero-order valence-electron chi connectivity index (χ0n) is 31.9. The number of ether oxygens (including phenoxy) is 2. The summed E-state index contributed by atoms with van der Waals surface area (Å²) in [6.07, 6.45) is 1.53. The van der Waals surface area contributed by atoms with Gasteiger partial charge in [0.15, 0.2) is 0 Å². The Morgan fingerprint density at radius 3 is 2.36 bits per heavy atom. The number of carbonyl (C=O) groups is 5. The number of unbranched alkanes of at least 4 members (excludes halogenated alkanes) is 1. The lowest BCUT2D eigenvalue weighted by atomic mass is 9.95. The summed E-state index contributed by atoms with van der Waals surface area (Å²) in [6, 6.07) is 17.5. The number of hydrogen-bond acceptors (Lipinski definition) is 9. The number of nitrogens with one attached hydrogen (secondary N) is 4. The van der Waals surface area contributed by atoms with Gasteiger partial charge < -0.3 is 30.3 Å². The van der Waals surface area contributed by atoms with Crippen LogP contribution in [0.5, 0.6) is 0 Å². The van der Waals surface area contributed by atoms with Gasteiger partial charge in [-0.3, -0.25) is 29.3 Å². The normalized spacial score (nSPS) is 16.4. The van der Waals surface area contributed by atoms with Crippen molar-refractivity contribution in [1.29, 1.82) is 0 Å². The van der Waals surface area contributed by atoms with E-state index in [1.54, 1.807) is 17.6 Å². The molecule has 3 aromatic rings. The summed E-state index contributed by atoms with van der Waals surface area (Å²) in [6.45, 7) is 10.3. The van der Waals surface area contributed by atoms with E-state index in [9.17, 15) is 28.4 Å².